The number of carbonyl (C=O) groups excluding carboxylic acids is 2. The fourth-order valence-corrected chi connectivity index (χ4v) is 3.73. The molecule has 0 bridgehead atoms. The van der Waals surface area contributed by atoms with Gasteiger partial charge in [0.05, 0.1) is 18.8 Å². The second-order valence-electron chi connectivity index (χ2n) is 8.62. The Balaban J connectivity index is 1.87. The number of pyridine rings is 1. The Hall–Kier alpha value is -3.14. The number of halogens is 1. The van der Waals surface area contributed by atoms with Crippen LogP contribution in [0.25, 0.3) is 0 Å². The number of nitrogens with one attached hydrogen (secondary N) is 1. The monoisotopic (exact) mass is 477 g/mol. The molecule has 1 saturated heterocycles. The first kappa shape index (κ1) is 24.5. The molecule has 1 fully saturated rings. The molecule has 33 heavy (non-hydrogen) atoms. The molecule has 10 nitrogen and oxygen atoms in total. The number of rotatable bonds is 6. The Morgan fingerprint density at radius 1 is 1.24 bits per heavy atom. The van der Waals surface area contributed by atoms with Crippen molar-refractivity contribution >= 4 is 29.5 Å². The van der Waals surface area contributed by atoms with Crippen LogP contribution in [0.4, 0.5) is 10.6 Å². The van der Waals surface area contributed by atoms with Crippen LogP contribution in [-0.4, -0.2) is 62.8 Å². The third-order valence-corrected chi connectivity index (χ3v) is 5.26. The minimum Gasteiger partial charge on any atom is -0.465 e. The molecule has 1 amide bonds. The Morgan fingerprint density at radius 2 is 2.00 bits per heavy atom. The van der Waals surface area contributed by atoms with E-state index in [4.69, 9.17) is 21.1 Å². The summed E-state index contributed by atoms with van der Waals surface area (Å²) in [5, 5.41) is 3.15. The van der Waals surface area contributed by atoms with E-state index in [2.05, 4.69) is 15.3 Å². The van der Waals surface area contributed by atoms with Crippen LogP contribution in [0.1, 0.15) is 39.3 Å². The van der Waals surface area contributed by atoms with Crippen LogP contribution in [0, 0.1) is 0 Å². The Kier molecular flexibility index (Phi) is 7.57. The standard InChI is InChI=1S/C22H28ClN5O5/c1-5-32-18(29)13-28-17(23)10-25-19(20(28)30)26-16-12-27(21(31)33-22(2,3)4)11-14(16)15-8-6-7-9-24-15/h6-10,14,16H,5,11-13H2,1-4H3,(H,25,26)/t14-,16+/m1/s1. The summed E-state index contributed by atoms with van der Waals surface area (Å²) in [7, 11) is 0. The molecule has 178 valence electrons. The first-order chi connectivity index (χ1) is 15.6. The lowest BCUT2D eigenvalue weighted by Crippen LogP contribution is -2.37. The number of hydrogen-bond donors (Lipinski definition) is 1. The molecule has 2 aromatic rings. The van der Waals surface area contributed by atoms with Gasteiger partial charge in [0, 0.05) is 30.9 Å². The van der Waals surface area contributed by atoms with Gasteiger partial charge in [-0.05, 0) is 39.8 Å². The summed E-state index contributed by atoms with van der Waals surface area (Å²) in [5.41, 5.74) is -0.435. The lowest BCUT2D eigenvalue weighted by Gasteiger charge is -2.24. The van der Waals surface area contributed by atoms with Crippen molar-refractivity contribution in [2.75, 3.05) is 25.0 Å². The molecule has 1 aliphatic rings. The highest BCUT2D eigenvalue weighted by Crippen LogP contribution is 2.29. The molecule has 0 saturated carbocycles. The number of anilines is 1. The minimum absolute atomic E-state index is 0.0145. The summed E-state index contributed by atoms with van der Waals surface area (Å²) in [6, 6.07) is 5.17. The molecule has 0 unspecified atom stereocenters. The van der Waals surface area contributed by atoms with Crippen LogP contribution < -0.4 is 10.9 Å². The molecule has 0 aliphatic carbocycles. The molecule has 11 heteroatoms. The highest BCUT2D eigenvalue weighted by atomic mass is 35.5. The van der Waals surface area contributed by atoms with Gasteiger partial charge in [-0.1, -0.05) is 17.7 Å². The van der Waals surface area contributed by atoms with Gasteiger partial charge in [-0.2, -0.15) is 0 Å². The van der Waals surface area contributed by atoms with Crippen LogP contribution in [-0.2, 0) is 20.8 Å². The Bertz CT molecular complexity index is 1050. The maximum atomic E-state index is 13.0. The highest BCUT2D eigenvalue weighted by molar-refractivity contribution is 6.29. The topological polar surface area (TPSA) is 116 Å². The van der Waals surface area contributed by atoms with Crippen molar-refractivity contribution in [3.8, 4) is 0 Å². The zero-order valence-electron chi connectivity index (χ0n) is 19.1. The van der Waals surface area contributed by atoms with E-state index in [-0.39, 0.29) is 42.6 Å². The SMILES string of the molecule is CCOC(=O)Cn1c(Cl)cnc(N[C@H]2CN(C(=O)OC(C)(C)C)C[C@@H]2c2ccccn2)c1=O. The first-order valence-corrected chi connectivity index (χ1v) is 11.0. The van der Waals surface area contributed by atoms with Crippen LogP contribution in [0.5, 0.6) is 0 Å². The van der Waals surface area contributed by atoms with Gasteiger partial charge >= 0.3 is 12.1 Å². The van der Waals surface area contributed by atoms with Crippen LogP contribution in [0.3, 0.4) is 0 Å². The molecule has 2 aromatic heterocycles. The van der Waals surface area contributed by atoms with Crippen molar-refractivity contribution in [1.82, 2.24) is 19.4 Å². The van der Waals surface area contributed by atoms with Gasteiger partial charge in [-0.3, -0.25) is 19.1 Å². The smallest absolute Gasteiger partial charge is 0.410 e. The largest absolute Gasteiger partial charge is 0.465 e. The van der Waals surface area contributed by atoms with Crippen LogP contribution >= 0.6 is 11.6 Å². The van der Waals surface area contributed by atoms with Gasteiger partial charge in [0.2, 0.25) is 0 Å². The third-order valence-electron chi connectivity index (χ3n) is 4.96. The van der Waals surface area contributed by atoms with Crippen molar-refractivity contribution in [1.29, 1.82) is 0 Å². The lowest BCUT2D eigenvalue weighted by molar-refractivity contribution is -0.143. The molecule has 2 atom stereocenters. The molecule has 1 aliphatic heterocycles. The summed E-state index contributed by atoms with van der Waals surface area (Å²) in [6.45, 7) is 7.57. The summed E-state index contributed by atoms with van der Waals surface area (Å²) in [5.74, 6) is -0.781. The summed E-state index contributed by atoms with van der Waals surface area (Å²) >= 11 is 6.10. The lowest BCUT2D eigenvalue weighted by atomic mass is 9.99. The maximum absolute atomic E-state index is 13.0. The van der Waals surface area contributed by atoms with E-state index in [9.17, 15) is 14.4 Å². The zero-order chi connectivity index (χ0) is 24.2. The fourth-order valence-electron chi connectivity index (χ4n) is 3.55. The molecule has 3 rings (SSSR count). The first-order valence-electron chi connectivity index (χ1n) is 10.7. The minimum atomic E-state index is -0.637. The van der Waals surface area contributed by atoms with E-state index >= 15 is 0 Å². The van der Waals surface area contributed by atoms with Crippen molar-refractivity contribution in [3.63, 3.8) is 0 Å². The molecule has 3 heterocycles. The van der Waals surface area contributed by atoms with Crippen molar-refractivity contribution in [2.24, 2.45) is 0 Å². The molecule has 1 N–H and O–H groups in total. The van der Waals surface area contributed by atoms with Crippen molar-refractivity contribution < 1.29 is 19.1 Å². The third kappa shape index (κ3) is 6.22. The normalized spacial score (nSPS) is 18.2. The number of hydrogen-bond acceptors (Lipinski definition) is 8. The Morgan fingerprint density at radius 3 is 2.64 bits per heavy atom. The van der Waals surface area contributed by atoms with Gasteiger partial charge < -0.3 is 19.7 Å². The summed E-state index contributed by atoms with van der Waals surface area (Å²) in [6.07, 6.45) is 2.52. The second kappa shape index (κ2) is 10.2. The van der Waals surface area contributed by atoms with E-state index < -0.39 is 23.2 Å². The zero-order valence-corrected chi connectivity index (χ0v) is 19.8. The number of esters is 1. The van der Waals surface area contributed by atoms with Gasteiger partial charge in [0.25, 0.3) is 5.56 Å². The number of ether oxygens (including phenoxy) is 2. The summed E-state index contributed by atoms with van der Waals surface area (Å²) in [4.78, 5) is 47.7. The molecule has 0 radical (unpaired) electrons. The van der Waals surface area contributed by atoms with Gasteiger partial charge in [-0.25, -0.2) is 9.78 Å². The van der Waals surface area contributed by atoms with Crippen molar-refractivity contribution in [2.45, 2.75) is 51.8 Å². The maximum Gasteiger partial charge on any atom is 0.410 e. The average Bonchev–Trinajstić information content (AvgIpc) is 3.17. The van der Waals surface area contributed by atoms with Gasteiger partial charge in [-0.15, -0.1) is 0 Å². The number of aromatic nitrogens is 3. The van der Waals surface area contributed by atoms with Crippen molar-refractivity contribution in [3.05, 3.63) is 51.8 Å². The molecule has 0 spiro atoms. The predicted octanol–water partition coefficient (Wildman–Crippen LogP) is 2.67. The Labute approximate surface area is 196 Å². The second-order valence-corrected chi connectivity index (χ2v) is 9.01. The van der Waals surface area contributed by atoms with E-state index in [1.54, 1.807) is 44.9 Å². The number of nitrogens with zero attached hydrogens (tertiary/aromatic N) is 4. The number of likely N-dealkylation sites (tertiary alicyclic amines) is 1. The number of amides is 1. The van der Waals surface area contributed by atoms with Crippen LogP contribution in [0.15, 0.2) is 35.4 Å². The van der Waals surface area contributed by atoms with Crippen LogP contribution in [0.2, 0.25) is 5.15 Å². The molecule has 0 aromatic carbocycles. The van der Waals surface area contributed by atoms with E-state index in [1.807, 2.05) is 12.1 Å². The van der Waals surface area contributed by atoms with E-state index in [1.165, 1.54) is 6.20 Å². The summed E-state index contributed by atoms with van der Waals surface area (Å²) < 4.78 is 11.5. The number of carbonyl (C=O) groups is 2. The van der Waals surface area contributed by atoms with Gasteiger partial charge in [0.1, 0.15) is 17.3 Å². The van der Waals surface area contributed by atoms with Gasteiger partial charge in [0.15, 0.2) is 5.82 Å². The van der Waals surface area contributed by atoms with E-state index in [0.29, 0.717) is 6.54 Å². The predicted molar refractivity (Wildman–Crippen MR) is 122 cm³/mol. The molecular formula is C22H28ClN5O5. The quantitative estimate of drug-likeness (QED) is 0.631. The average molecular weight is 478 g/mol. The fraction of sp³-hybridized carbons (Fsp3) is 0.500. The highest BCUT2D eigenvalue weighted by Gasteiger charge is 2.39. The van der Waals surface area contributed by atoms with E-state index in [0.717, 1.165) is 10.3 Å². The molecular weight excluding hydrogens is 450 g/mol.